The van der Waals surface area contributed by atoms with Crippen LogP contribution in [0.1, 0.15) is 15.9 Å². The van der Waals surface area contributed by atoms with Crippen molar-refractivity contribution in [2.75, 3.05) is 18.5 Å². The van der Waals surface area contributed by atoms with Crippen LogP contribution in [0.5, 0.6) is 0 Å². The van der Waals surface area contributed by atoms with Crippen molar-refractivity contribution in [1.82, 2.24) is 0 Å². The molecule has 0 aliphatic heterocycles. The lowest BCUT2D eigenvalue weighted by atomic mass is 10.1. The zero-order valence-corrected chi connectivity index (χ0v) is 9.61. The van der Waals surface area contributed by atoms with Crippen LogP contribution in [0.15, 0.2) is 18.2 Å². The number of anilines is 1. The summed E-state index contributed by atoms with van der Waals surface area (Å²) in [6.45, 7) is -0.889. The predicted molar refractivity (Wildman–Crippen MR) is 60.0 cm³/mol. The zero-order valence-electron chi connectivity index (χ0n) is 9.61. The number of carbonyl (C=O) groups is 1. The number of hydrogen-bond acceptors (Lipinski definition) is 4. The Bertz CT molecular complexity index is 458. The maximum atomic E-state index is 12.6. The van der Waals surface area contributed by atoms with E-state index in [1.165, 1.54) is 0 Å². The summed E-state index contributed by atoms with van der Waals surface area (Å²) in [5, 5.41) is 29.0. The predicted octanol–water partition coefficient (Wildman–Crippen LogP) is 1.17. The summed E-state index contributed by atoms with van der Waals surface area (Å²) in [6.07, 6.45) is -4.76. The van der Waals surface area contributed by atoms with Crippen LogP contribution < -0.4 is 5.32 Å². The van der Waals surface area contributed by atoms with E-state index in [0.717, 1.165) is 12.1 Å². The minimum absolute atomic E-state index is 0.0681. The molecule has 0 fully saturated rings. The van der Waals surface area contributed by atoms with Crippen LogP contribution in [0.2, 0.25) is 0 Å². The quantitative estimate of drug-likeness (QED) is 0.649. The molecule has 0 spiro atoms. The maximum absolute atomic E-state index is 12.6. The van der Waals surface area contributed by atoms with Gasteiger partial charge in [0, 0.05) is 5.69 Å². The van der Waals surface area contributed by atoms with E-state index in [9.17, 15) is 18.0 Å². The molecule has 5 nitrogen and oxygen atoms in total. The fourth-order valence-electron chi connectivity index (χ4n) is 1.44. The van der Waals surface area contributed by atoms with Crippen LogP contribution in [-0.4, -0.2) is 40.5 Å². The van der Waals surface area contributed by atoms with Gasteiger partial charge in [-0.1, -0.05) is 0 Å². The van der Waals surface area contributed by atoms with Gasteiger partial charge < -0.3 is 20.6 Å². The van der Waals surface area contributed by atoms with Crippen LogP contribution in [-0.2, 0) is 6.18 Å². The lowest BCUT2D eigenvalue weighted by Crippen LogP contribution is -2.27. The maximum Gasteiger partial charge on any atom is 0.417 e. The van der Waals surface area contributed by atoms with E-state index in [-0.39, 0.29) is 5.69 Å². The summed E-state index contributed by atoms with van der Waals surface area (Å²) >= 11 is 0. The number of alkyl halides is 3. The number of aromatic carboxylic acids is 1. The third-order valence-corrected chi connectivity index (χ3v) is 2.37. The molecular weight excluding hydrogens is 267 g/mol. The van der Waals surface area contributed by atoms with E-state index in [2.05, 4.69) is 5.32 Å². The Balaban J connectivity index is 3.13. The lowest BCUT2D eigenvalue weighted by molar-refractivity contribution is -0.138. The monoisotopic (exact) mass is 279 g/mol. The van der Waals surface area contributed by atoms with Crippen molar-refractivity contribution >= 4 is 11.7 Å². The number of halogens is 3. The molecule has 8 heteroatoms. The largest absolute Gasteiger partial charge is 0.478 e. The normalized spacial score (nSPS) is 11.7. The lowest BCUT2D eigenvalue weighted by Gasteiger charge is -2.17. The number of benzene rings is 1. The molecule has 0 radical (unpaired) electrons. The highest BCUT2D eigenvalue weighted by Crippen LogP contribution is 2.33. The number of carboxylic acids is 1. The standard InChI is InChI=1S/C11H12F3NO4/c12-11(13,14)9-2-1-6(3-8(9)10(18)19)15-7(4-16)5-17/h1-3,7,15-17H,4-5H2,(H,18,19). The van der Waals surface area contributed by atoms with Crippen molar-refractivity contribution in [1.29, 1.82) is 0 Å². The molecule has 4 N–H and O–H groups in total. The Labute approximate surface area is 106 Å². The van der Waals surface area contributed by atoms with Crippen molar-refractivity contribution in [3.63, 3.8) is 0 Å². The number of hydrogen-bond donors (Lipinski definition) is 4. The van der Waals surface area contributed by atoms with E-state index in [1.807, 2.05) is 0 Å². The number of nitrogens with one attached hydrogen (secondary N) is 1. The molecule has 0 atom stereocenters. The molecule has 0 aliphatic carbocycles. The van der Waals surface area contributed by atoms with E-state index >= 15 is 0 Å². The van der Waals surface area contributed by atoms with Crippen LogP contribution in [0.4, 0.5) is 18.9 Å². The Kier molecular flexibility index (Phi) is 4.73. The van der Waals surface area contributed by atoms with Gasteiger partial charge >= 0.3 is 12.1 Å². The molecule has 0 aromatic heterocycles. The second kappa shape index (κ2) is 5.89. The summed E-state index contributed by atoms with van der Waals surface area (Å²) in [6, 6.07) is 1.70. The molecule has 0 bridgehead atoms. The van der Waals surface area contributed by atoms with Crippen molar-refractivity contribution in [2.24, 2.45) is 0 Å². The first-order valence-electron chi connectivity index (χ1n) is 5.22. The first kappa shape index (κ1) is 15.3. The molecular formula is C11H12F3NO4. The third-order valence-electron chi connectivity index (χ3n) is 2.37. The molecule has 1 aromatic rings. The number of rotatable bonds is 5. The molecule has 1 aromatic carbocycles. The van der Waals surface area contributed by atoms with Gasteiger partial charge in [-0.3, -0.25) is 0 Å². The molecule has 0 saturated heterocycles. The number of carboxylic acid groups (broad SMARTS) is 1. The van der Waals surface area contributed by atoms with Gasteiger partial charge in [-0.25, -0.2) is 4.79 Å². The Morgan fingerprint density at radius 3 is 2.26 bits per heavy atom. The van der Waals surface area contributed by atoms with Gasteiger partial charge in [-0.2, -0.15) is 13.2 Å². The van der Waals surface area contributed by atoms with E-state index in [0.29, 0.717) is 6.07 Å². The molecule has 19 heavy (non-hydrogen) atoms. The minimum Gasteiger partial charge on any atom is -0.478 e. The van der Waals surface area contributed by atoms with Crippen LogP contribution in [0.3, 0.4) is 0 Å². The van der Waals surface area contributed by atoms with Crippen LogP contribution >= 0.6 is 0 Å². The average molecular weight is 279 g/mol. The first-order valence-corrected chi connectivity index (χ1v) is 5.22. The molecule has 0 saturated carbocycles. The number of aliphatic hydroxyl groups is 2. The highest BCUT2D eigenvalue weighted by atomic mass is 19.4. The molecule has 0 amide bonds. The second-order valence-corrected chi connectivity index (χ2v) is 3.77. The second-order valence-electron chi connectivity index (χ2n) is 3.77. The fourth-order valence-corrected chi connectivity index (χ4v) is 1.44. The number of aliphatic hydroxyl groups excluding tert-OH is 2. The van der Waals surface area contributed by atoms with Crippen LogP contribution in [0, 0.1) is 0 Å². The Morgan fingerprint density at radius 2 is 1.84 bits per heavy atom. The first-order chi connectivity index (χ1) is 8.79. The van der Waals surface area contributed by atoms with E-state index in [1.54, 1.807) is 0 Å². The van der Waals surface area contributed by atoms with Gasteiger partial charge in [-0.05, 0) is 18.2 Å². The summed E-state index contributed by atoms with van der Waals surface area (Å²) < 4.78 is 37.7. The van der Waals surface area contributed by atoms with Crippen molar-refractivity contribution in [2.45, 2.75) is 12.2 Å². The SMILES string of the molecule is O=C(O)c1cc(NC(CO)CO)ccc1C(F)(F)F. The highest BCUT2D eigenvalue weighted by Gasteiger charge is 2.35. The topological polar surface area (TPSA) is 89.8 Å². The van der Waals surface area contributed by atoms with Gasteiger partial charge in [0.15, 0.2) is 0 Å². The van der Waals surface area contributed by atoms with Gasteiger partial charge in [-0.15, -0.1) is 0 Å². The molecule has 0 aliphatic rings. The molecule has 0 unspecified atom stereocenters. The van der Waals surface area contributed by atoms with Gasteiger partial charge in [0.25, 0.3) is 0 Å². The van der Waals surface area contributed by atoms with E-state index in [4.69, 9.17) is 15.3 Å². The summed E-state index contributed by atoms with van der Waals surface area (Å²) in [5.41, 5.74) is -2.08. The molecule has 1 rings (SSSR count). The van der Waals surface area contributed by atoms with E-state index < -0.39 is 42.5 Å². The Hall–Kier alpha value is -1.80. The zero-order chi connectivity index (χ0) is 14.6. The van der Waals surface area contributed by atoms with Gasteiger partial charge in [0.05, 0.1) is 30.4 Å². The third kappa shape index (κ3) is 3.83. The van der Waals surface area contributed by atoms with Crippen LogP contribution in [0.25, 0.3) is 0 Å². The average Bonchev–Trinajstić information content (AvgIpc) is 2.34. The van der Waals surface area contributed by atoms with Crippen molar-refractivity contribution < 1.29 is 33.3 Å². The summed E-state index contributed by atoms with van der Waals surface area (Å²) in [5.74, 6) is -1.71. The van der Waals surface area contributed by atoms with Gasteiger partial charge in [0.2, 0.25) is 0 Å². The van der Waals surface area contributed by atoms with Crippen molar-refractivity contribution in [3.05, 3.63) is 29.3 Å². The smallest absolute Gasteiger partial charge is 0.417 e. The Morgan fingerprint density at radius 1 is 1.26 bits per heavy atom. The highest BCUT2D eigenvalue weighted by molar-refractivity contribution is 5.91. The molecule has 106 valence electrons. The fraction of sp³-hybridized carbons (Fsp3) is 0.364. The minimum atomic E-state index is -4.76. The van der Waals surface area contributed by atoms with Crippen molar-refractivity contribution in [3.8, 4) is 0 Å². The summed E-state index contributed by atoms with van der Waals surface area (Å²) in [4.78, 5) is 10.8. The molecule has 0 heterocycles. The summed E-state index contributed by atoms with van der Waals surface area (Å²) in [7, 11) is 0. The van der Waals surface area contributed by atoms with Gasteiger partial charge in [0.1, 0.15) is 0 Å².